The van der Waals surface area contributed by atoms with E-state index in [2.05, 4.69) is 21.2 Å². The average molecular weight is 252 g/mol. The molecule has 0 radical (unpaired) electrons. The van der Waals surface area contributed by atoms with Gasteiger partial charge in [0.25, 0.3) is 0 Å². The van der Waals surface area contributed by atoms with Crippen LogP contribution in [0.5, 0.6) is 0 Å². The molecule has 78 valence electrons. The molecule has 0 rings (SSSR count). The Bertz CT molecular complexity index is 131. The van der Waals surface area contributed by atoms with Crippen LogP contribution in [0.4, 0.5) is 0 Å². The van der Waals surface area contributed by atoms with Gasteiger partial charge in [0.15, 0.2) is 0 Å². The molecule has 1 N–H and O–H groups in total. The minimum atomic E-state index is 0.128. The zero-order chi connectivity index (χ0) is 9.94. The van der Waals surface area contributed by atoms with Crippen LogP contribution in [0.15, 0.2) is 0 Å². The number of alkyl halides is 1. The molecule has 0 saturated carbocycles. The lowest BCUT2D eigenvalue weighted by Gasteiger charge is -2.03. The fraction of sp³-hybridized carbons (Fsp3) is 0.889. The second-order valence-electron chi connectivity index (χ2n) is 2.84. The first-order valence-corrected chi connectivity index (χ1v) is 5.75. The van der Waals surface area contributed by atoms with Gasteiger partial charge in [0.2, 0.25) is 5.91 Å². The Morgan fingerprint density at radius 3 is 2.77 bits per heavy atom. The SMILES string of the molecule is COCCCCCNC(=O)CCBr. The summed E-state index contributed by atoms with van der Waals surface area (Å²) in [7, 11) is 1.71. The van der Waals surface area contributed by atoms with Crippen LogP contribution < -0.4 is 5.32 Å². The van der Waals surface area contributed by atoms with Crippen molar-refractivity contribution >= 4 is 21.8 Å². The van der Waals surface area contributed by atoms with Crippen molar-refractivity contribution in [2.24, 2.45) is 0 Å². The van der Waals surface area contributed by atoms with Crippen LogP contribution >= 0.6 is 15.9 Å². The van der Waals surface area contributed by atoms with Gasteiger partial charge >= 0.3 is 0 Å². The molecule has 0 atom stereocenters. The quantitative estimate of drug-likeness (QED) is 0.527. The molecule has 0 saturated heterocycles. The Hall–Kier alpha value is -0.0900. The van der Waals surface area contributed by atoms with E-state index in [4.69, 9.17) is 4.74 Å². The van der Waals surface area contributed by atoms with E-state index in [-0.39, 0.29) is 5.91 Å². The third-order valence-corrected chi connectivity index (χ3v) is 2.07. The third-order valence-electron chi connectivity index (χ3n) is 1.67. The minimum Gasteiger partial charge on any atom is -0.385 e. The second kappa shape index (κ2) is 9.99. The third kappa shape index (κ3) is 9.83. The highest BCUT2D eigenvalue weighted by Crippen LogP contribution is 1.94. The van der Waals surface area contributed by atoms with Crippen molar-refractivity contribution in [1.82, 2.24) is 5.32 Å². The summed E-state index contributed by atoms with van der Waals surface area (Å²) in [6.07, 6.45) is 3.79. The largest absolute Gasteiger partial charge is 0.385 e. The molecule has 0 fully saturated rings. The maximum Gasteiger partial charge on any atom is 0.220 e. The standard InChI is InChI=1S/C9H18BrNO2/c1-13-8-4-2-3-7-11-9(12)5-6-10/h2-8H2,1H3,(H,11,12). The molecular weight excluding hydrogens is 234 g/mol. The Morgan fingerprint density at radius 2 is 2.15 bits per heavy atom. The maximum absolute atomic E-state index is 11.0. The first-order valence-electron chi connectivity index (χ1n) is 4.63. The van der Waals surface area contributed by atoms with Crippen molar-refractivity contribution in [3.05, 3.63) is 0 Å². The Balaban J connectivity index is 3.02. The van der Waals surface area contributed by atoms with Crippen LogP contribution in [-0.2, 0) is 9.53 Å². The normalized spacial score (nSPS) is 10.0. The summed E-state index contributed by atoms with van der Waals surface area (Å²) >= 11 is 3.22. The number of halogens is 1. The lowest BCUT2D eigenvalue weighted by Crippen LogP contribution is -2.24. The van der Waals surface area contributed by atoms with Crippen LogP contribution in [-0.4, -0.2) is 31.5 Å². The van der Waals surface area contributed by atoms with E-state index >= 15 is 0 Å². The predicted octanol–water partition coefficient (Wildman–Crippen LogP) is 1.70. The maximum atomic E-state index is 11.0. The average Bonchev–Trinajstić information content (AvgIpc) is 2.11. The lowest BCUT2D eigenvalue weighted by atomic mass is 10.2. The zero-order valence-electron chi connectivity index (χ0n) is 8.14. The number of nitrogens with one attached hydrogen (secondary N) is 1. The summed E-state index contributed by atoms with van der Waals surface area (Å²) in [5.74, 6) is 0.128. The smallest absolute Gasteiger partial charge is 0.220 e. The highest BCUT2D eigenvalue weighted by Gasteiger charge is 1.97. The van der Waals surface area contributed by atoms with Gasteiger partial charge in [-0.25, -0.2) is 0 Å². The van der Waals surface area contributed by atoms with Gasteiger partial charge in [-0.15, -0.1) is 0 Å². The number of hydrogen-bond donors (Lipinski definition) is 1. The van der Waals surface area contributed by atoms with E-state index in [1.165, 1.54) is 0 Å². The Kier molecular flexibility index (Phi) is 9.92. The van der Waals surface area contributed by atoms with Crippen LogP contribution in [0.2, 0.25) is 0 Å². The number of amides is 1. The van der Waals surface area contributed by atoms with Crippen LogP contribution in [0, 0.1) is 0 Å². The van der Waals surface area contributed by atoms with Crippen molar-refractivity contribution in [2.75, 3.05) is 25.6 Å². The molecule has 0 spiro atoms. The van der Waals surface area contributed by atoms with Gasteiger partial charge in [0.05, 0.1) is 0 Å². The van der Waals surface area contributed by atoms with Crippen molar-refractivity contribution in [1.29, 1.82) is 0 Å². The van der Waals surface area contributed by atoms with E-state index in [9.17, 15) is 4.79 Å². The monoisotopic (exact) mass is 251 g/mol. The van der Waals surface area contributed by atoms with Crippen molar-refractivity contribution in [3.63, 3.8) is 0 Å². The Labute approximate surface area is 88.4 Å². The van der Waals surface area contributed by atoms with Crippen LogP contribution in [0.1, 0.15) is 25.7 Å². The van der Waals surface area contributed by atoms with Crippen LogP contribution in [0.25, 0.3) is 0 Å². The number of rotatable bonds is 8. The molecule has 0 aliphatic rings. The lowest BCUT2D eigenvalue weighted by molar-refractivity contribution is -0.120. The molecule has 0 aromatic heterocycles. The van der Waals surface area contributed by atoms with Crippen molar-refractivity contribution in [2.45, 2.75) is 25.7 Å². The summed E-state index contributed by atoms with van der Waals surface area (Å²) in [5, 5.41) is 3.59. The summed E-state index contributed by atoms with van der Waals surface area (Å²) in [6.45, 7) is 1.60. The molecule has 0 aliphatic carbocycles. The number of ether oxygens (including phenoxy) is 1. The molecule has 0 unspecified atom stereocenters. The number of methoxy groups -OCH3 is 1. The van der Waals surface area contributed by atoms with Gasteiger partial charge in [0, 0.05) is 32.0 Å². The van der Waals surface area contributed by atoms with E-state index in [1.54, 1.807) is 7.11 Å². The first kappa shape index (κ1) is 12.9. The van der Waals surface area contributed by atoms with Crippen molar-refractivity contribution < 1.29 is 9.53 Å². The minimum absolute atomic E-state index is 0.128. The fourth-order valence-corrected chi connectivity index (χ4v) is 1.31. The molecule has 4 heteroatoms. The molecule has 0 aromatic rings. The Morgan fingerprint density at radius 1 is 1.38 bits per heavy atom. The molecule has 3 nitrogen and oxygen atoms in total. The van der Waals surface area contributed by atoms with Gasteiger partial charge in [0.1, 0.15) is 0 Å². The second-order valence-corrected chi connectivity index (χ2v) is 3.64. The summed E-state index contributed by atoms with van der Waals surface area (Å²) in [5.41, 5.74) is 0. The topological polar surface area (TPSA) is 38.3 Å². The van der Waals surface area contributed by atoms with E-state index < -0.39 is 0 Å². The number of hydrogen-bond acceptors (Lipinski definition) is 2. The zero-order valence-corrected chi connectivity index (χ0v) is 9.73. The van der Waals surface area contributed by atoms with Gasteiger partial charge in [-0.2, -0.15) is 0 Å². The molecule has 0 aromatic carbocycles. The fourth-order valence-electron chi connectivity index (χ4n) is 0.950. The van der Waals surface area contributed by atoms with E-state index in [0.29, 0.717) is 6.42 Å². The molecule has 1 amide bonds. The summed E-state index contributed by atoms with van der Waals surface area (Å²) < 4.78 is 4.91. The van der Waals surface area contributed by atoms with Crippen LogP contribution in [0.3, 0.4) is 0 Å². The van der Waals surface area contributed by atoms with Gasteiger partial charge < -0.3 is 10.1 Å². The summed E-state index contributed by atoms with van der Waals surface area (Å²) in [6, 6.07) is 0. The van der Waals surface area contributed by atoms with Crippen molar-refractivity contribution in [3.8, 4) is 0 Å². The predicted molar refractivity (Wildman–Crippen MR) is 57.1 cm³/mol. The molecule has 0 aliphatic heterocycles. The molecular formula is C9H18BrNO2. The van der Waals surface area contributed by atoms with Gasteiger partial charge in [-0.3, -0.25) is 4.79 Å². The summed E-state index contributed by atoms with van der Waals surface area (Å²) in [4.78, 5) is 11.0. The number of carbonyl (C=O) groups excluding carboxylic acids is 1. The van der Waals surface area contributed by atoms with E-state index in [0.717, 1.165) is 37.7 Å². The highest BCUT2D eigenvalue weighted by molar-refractivity contribution is 9.09. The molecule has 0 bridgehead atoms. The van der Waals surface area contributed by atoms with Gasteiger partial charge in [-0.05, 0) is 19.3 Å². The first-order chi connectivity index (χ1) is 6.31. The highest BCUT2D eigenvalue weighted by atomic mass is 79.9. The number of carbonyl (C=O) groups is 1. The number of unbranched alkanes of at least 4 members (excludes halogenated alkanes) is 2. The molecule has 13 heavy (non-hydrogen) atoms. The van der Waals surface area contributed by atoms with Gasteiger partial charge in [-0.1, -0.05) is 15.9 Å². The molecule has 0 heterocycles. The van der Waals surface area contributed by atoms with E-state index in [1.807, 2.05) is 0 Å².